The molecule has 0 bridgehead atoms. The second-order valence-electron chi connectivity index (χ2n) is 9.72. The van der Waals surface area contributed by atoms with Crippen molar-refractivity contribution in [3.63, 3.8) is 0 Å². The van der Waals surface area contributed by atoms with Gasteiger partial charge >= 0.3 is 0 Å². The number of halogens is 1. The van der Waals surface area contributed by atoms with Crippen LogP contribution in [0.5, 0.6) is 11.5 Å². The van der Waals surface area contributed by atoms with Crippen LogP contribution in [0.25, 0.3) is 0 Å². The number of carbonyl (C=O) groups is 2. The fourth-order valence-corrected chi connectivity index (χ4v) is 6.19. The Morgan fingerprint density at radius 2 is 1.70 bits per heavy atom. The lowest BCUT2D eigenvalue weighted by Gasteiger charge is -2.33. The van der Waals surface area contributed by atoms with E-state index in [2.05, 4.69) is 5.32 Å². The molecule has 44 heavy (non-hydrogen) atoms. The molecule has 2 amide bonds. The van der Waals surface area contributed by atoms with Crippen molar-refractivity contribution in [2.45, 2.75) is 44.7 Å². The molecule has 14 heteroatoms. The first-order valence-electron chi connectivity index (χ1n) is 13.7. The van der Waals surface area contributed by atoms with Crippen molar-refractivity contribution in [3.8, 4) is 11.5 Å². The number of aryl methyl sites for hydroxylation is 1. The average molecular weight is 647 g/mol. The number of nitrogens with zero attached hydrogens (tertiary/aromatic N) is 3. The van der Waals surface area contributed by atoms with E-state index < -0.39 is 49.9 Å². The number of hydrogen-bond donors (Lipinski definition) is 1. The molecule has 3 rings (SSSR count). The SMILES string of the molecule is CCNC(=O)C(CC)N(Cc1ccc(OC)cc1)C(=O)CN(c1cc(Cl)ccc1OC)S(=O)(=O)c1ccc(C)c([N+](=O)[O-])c1. The van der Waals surface area contributed by atoms with Crippen LogP contribution in [0.15, 0.2) is 65.6 Å². The highest BCUT2D eigenvalue weighted by Gasteiger charge is 2.35. The fraction of sp³-hybridized carbons (Fsp3) is 0.333. The Balaban J connectivity index is 2.18. The van der Waals surface area contributed by atoms with E-state index in [4.69, 9.17) is 21.1 Å². The Bertz CT molecular complexity index is 1620. The molecule has 0 radical (unpaired) electrons. The Morgan fingerprint density at radius 1 is 1.02 bits per heavy atom. The van der Waals surface area contributed by atoms with Gasteiger partial charge in [-0.15, -0.1) is 0 Å². The van der Waals surface area contributed by atoms with Crippen LogP contribution in [0.2, 0.25) is 5.02 Å². The second-order valence-corrected chi connectivity index (χ2v) is 12.0. The largest absolute Gasteiger partial charge is 0.497 e. The molecule has 0 spiro atoms. The molecular weight excluding hydrogens is 612 g/mol. The third-order valence-electron chi connectivity index (χ3n) is 6.90. The Hall–Kier alpha value is -4.36. The standard InChI is InChI=1S/C30H35ClN4O8S/c1-6-25(30(37)32-7-2)33(18-21-9-12-23(42-4)13-10-21)29(36)19-34(27-16-22(31)11-15-28(27)43-5)44(40,41)24-14-8-20(3)26(17-24)35(38)39/h8-17,25H,6-7,18-19H2,1-5H3,(H,32,37). The molecule has 1 atom stereocenters. The number of nitrogens with one attached hydrogen (secondary N) is 1. The first kappa shape index (κ1) is 34.1. The molecule has 236 valence electrons. The van der Waals surface area contributed by atoms with E-state index in [9.17, 15) is 28.1 Å². The predicted molar refractivity (Wildman–Crippen MR) is 167 cm³/mol. The number of anilines is 1. The van der Waals surface area contributed by atoms with Gasteiger partial charge in [0.2, 0.25) is 11.8 Å². The van der Waals surface area contributed by atoms with Crippen LogP contribution in [-0.4, -0.2) is 63.4 Å². The molecule has 0 saturated carbocycles. The minimum atomic E-state index is -4.62. The van der Waals surface area contributed by atoms with Gasteiger partial charge in [0, 0.05) is 29.7 Å². The normalized spacial score (nSPS) is 11.8. The molecule has 0 heterocycles. The van der Waals surface area contributed by atoms with E-state index in [-0.39, 0.29) is 35.0 Å². The van der Waals surface area contributed by atoms with Crippen molar-refractivity contribution in [3.05, 3.63) is 86.9 Å². The van der Waals surface area contributed by atoms with Gasteiger partial charge in [0.15, 0.2) is 0 Å². The smallest absolute Gasteiger partial charge is 0.273 e. The topological polar surface area (TPSA) is 148 Å². The summed E-state index contributed by atoms with van der Waals surface area (Å²) in [5.74, 6) is -0.420. The van der Waals surface area contributed by atoms with Gasteiger partial charge < -0.3 is 19.7 Å². The number of ether oxygens (including phenoxy) is 2. The zero-order valence-electron chi connectivity index (χ0n) is 25.1. The number of benzene rings is 3. The lowest BCUT2D eigenvalue weighted by atomic mass is 10.1. The highest BCUT2D eigenvalue weighted by molar-refractivity contribution is 7.92. The molecule has 0 saturated heterocycles. The van der Waals surface area contributed by atoms with Gasteiger partial charge in [0.05, 0.1) is 29.7 Å². The van der Waals surface area contributed by atoms with E-state index in [1.165, 1.54) is 56.4 Å². The van der Waals surface area contributed by atoms with Crippen molar-refractivity contribution >= 4 is 44.8 Å². The molecule has 0 aromatic heterocycles. The van der Waals surface area contributed by atoms with Gasteiger partial charge in [-0.3, -0.25) is 24.0 Å². The predicted octanol–water partition coefficient (Wildman–Crippen LogP) is 4.71. The molecule has 3 aromatic rings. The number of rotatable bonds is 14. The van der Waals surface area contributed by atoms with Crippen LogP contribution in [0.1, 0.15) is 31.4 Å². The molecule has 12 nitrogen and oxygen atoms in total. The summed E-state index contributed by atoms with van der Waals surface area (Å²) < 4.78 is 39.8. The quantitative estimate of drug-likeness (QED) is 0.196. The molecule has 0 aliphatic heterocycles. The third-order valence-corrected chi connectivity index (χ3v) is 8.89. The molecular formula is C30H35ClN4O8S. The first-order valence-corrected chi connectivity index (χ1v) is 15.5. The van der Waals surface area contributed by atoms with Gasteiger partial charge in [0.25, 0.3) is 15.7 Å². The third kappa shape index (κ3) is 7.77. The summed E-state index contributed by atoms with van der Waals surface area (Å²) in [6.07, 6.45) is 0.241. The van der Waals surface area contributed by atoms with Crippen LogP contribution >= 0.6 is 11.6 Å². The highest BCUT2D eigenvalue weighted by atomic mass is 35.5. The lowest BCUT2D eigenvalue weighted by molar-refractivity contribution is -0.385. The zero-order chi connectivity index (χ0) is 32.6. The number of sulfonamides is 1. The maximum absolute atomic E-state index is 14.2. The number of nitro benzene ring substituents is 1. The van der Waals surface area contributed by atoms with E-state index in [0.29, 0.717) is 17.9 Å². The molecule has 0 fully saturated rings. The molecule has 1 N–H and O–H groups in total. The van der Waals surface area contributed by atoms with E-state index >= 15 is 0 Å². The molecule has 1 unspecified atom stereocenters. The van der Waals surface area contributed by atoms with Crippen molar-refractivity contribution in [1.82, 2.24) is 10.2 Å². The van der Waals surface area contributed by atoms with Gasteiger partial charge in [-0.1, -0.05) is 36.7 Å². The van der Waals surface area contributed by atoms with Gasteiger partial charge in [-0.2, -0.15) is 0 Å². The summed E-state index contributed by atoms with van der Waals surface area (Å²) in [5.41, 5.74) is 0.465. The van der Waals surface area contributed by atoms with Crippen LogP contribution < -0.4 is 19.1 Å². The summed E-state index contributed by atoms with van der Waals surface area (Å²) in [7, 11) is -1.77. The second kappa shape index (κ2) is 14.9. The number of amides is 2. The van der Waals surface area contributed by atoms with Crippen LogP contribution in [0.3, 0.4) is 0 Å². The summed E-state index contributed by atoms with van der Waals surface area (Å²) in [6.45, 7) is 4.52. The van der Waals surface area contributed by atoms with Crippen molar-refractivity contribution < 1.29 is 32.4 Å². The van der Waals surface area contributed by atoms with Crippen molar-refractivity contribution in [1.29, 1.82) is 0 Å². The highest BCUT2D eigenvalue weighted by Crippen LogP contribution is 2.36. The van der Waals surface area contributed by atoms with Crippen LogP contribution in [0, 0.1) is 17.0 Å². The monoisotopic (exact) mass is 646 g/mol. The number of hydrogen-bond acceptors (Lipinski definition) is 8. The summed E-state index contributed by atoms with van der Waals surface area (Å²) >= 11 is 6.26. The lowest BCUT2D eigenvalue weighted by Crippen LogP contribution is -2.52. The molecule has 3 aromatic carbocycles. The van der Waals surface area contributed by atoms with Gasteiger partial charge in [-0.05, 0) is 62.2 Å². The Labute approximate surface area is 261 Å². The fourth-order valence-electron chi connectivity index (χ4n) is 4.58. The van der Waals surface area contributed by atoms with Crippen LogP contribution in [-0.2, 0) is 26.2 Å². The maximum Gasteiger partial charge on any atom is 0.273 e. The van der Waals surface area contributed by atoms with Crippen LogP contribution in [0.4, 0.5) is 11.4 Å². The number of carbonyl (C=O) groups excluding carboxylic acids is 2. The molecule has 0 aliphatic rings. The summed E-state index contributed by atoms with van der Waals surface area (Å²) in [4.78, 5) is 39.2. The zero-order valence-corrected chi connectivity index (χ0v) is 26.6. The van der Waals surface area contributed by atoms with E-state index in [1.807, 2.05) is 0 Å². The molecule has 0 aliphatic carbocycles. The Kier molecular flexibility index (Phi) is 11.5. The van der Waals surface area contributed by atoms with Gasteiger partial charge in [0.1, 0.15) is 24.1 Å². The summed E-state index contributed by atoms with van der Waals surface area (Å²) in [5, 5.41) is 14.5. The minimum Gasteiger partial charge on any atom is -0.497 e. The van der Waals surface area contributed by atoms with Crippen molar-refractivity contribution in [2.75, 3.05) is 31.6 Å². The van der Waals surface area contributed by atoms with Gasteiger partial charge in [-0.25, -0.2) is 8.42 Å². The number of likely N-dealkylation sites (N-methyl/N-ethyl adjacent to an activating group) is 1. The minimum absolute atomic E-state index is 0.0188. The first-order chi connectivity index (χ1) is 20.9. The van der Waals surface area contributed by atoms with Crippen molar-refractivity contribution in [2.24, 2.45) is 0 Å². The van der Waals surface area contributed by atoms with E-state index in [1.54, 1.807) is 38.1 Å². The average Bonchev–Trinajstić information content (AvgIpc) is 3.00. The summed E-state index contributed by atoms with van der Waals surface area (Å²) in [6, 6.07) is 13.7. The number of nitro groups is 1. The Morgan fingerprint density at radius 3 is 2.27 bits per heavy atom. The maximum atomic E-state index is 14.2. The van der Waals surface area contributed by atoms with E-state index in [0.717, 1.165) is 10.4 Å². The number of methoxy groups -OCH3 is 2.